The van der Waals surface area contributed by atoms with Crippen molar-refractivity contribution >= 4 is 22.9 Å². The Morgan fingerprint density at radius 2 is 2.26 bits per heavy atom. The van der Waals surface area contributed by atoms with Gasteiger partial charge in [0.15, 0.2) is 0 Å². The minimum Gasteiger partial charge on any atom is -0.492 e. The van der Waals surface area contributed by atoms with E-state index in [4.69, 9.17) is 15.2 Å². The van der Waals surface area contributed by atoms with Crippen LogP contribution in [-0.4, -0.2) is 30.6 Å². The normalized spacial score (nSPS) is 17.2. The van der Waals surface area contributed by atoms with Crippen LogP contribution in [0, 0.1) is 0 Å². The molecule has 0 bridgehead atoms. The molecular formula is C16H19N3O3S. The highest BCUT2D eigenvalue weighted by Gasteiger charge is 2.22. The zero-order valence-electron chi connectivity index (χ0n) is 12.7. The maximum atomic E-state index is 12.2. The van der Waals surface area contributed by atoms with E-state index in [0.717, 1.165) is 30.2 Å². The van der Waals surface area contributed by atoms with Crippen molar-refractivity contribution in [3.63, 3.8) is 0 Å². The summed E-state index contributed by atoms with van der Waals surface area (Å²) in [5, 5.41) is 5.47. The quantitative estimate of drug-likeness (QED) is 0.848. The monoisotopic (exact) mass is 333 g/mol. The topological polar surface area (TPSA) is 86.5 Å². The Hall–Kier alpha value is -1.96. The number of thiazole rings is 1. The van der Waals surface area contributed by atoms with Crippen LogP contribution in [0.3, 0.4) is 0 Å². The molecular weight excluding hydrogens is 314 g/mol. The zero-order chi connectivity index (χ0) is 16.1. The minimum atomic E-state index is -0.221. The van der Waals surface area contributed by atoms with Crippen molar-refractivity contribution in [1.82, 2.24) is 4.98 Å². The summed E-state index contributed by atoms with van der Waals surface area (Å²) in [4.78, 5) is 16.6. The van der Waals surface area contributed by atoms with Gasteiger partial charge in [0, 0.05) is 24.2 Å². The van der Waals surface area contributed by atoms with Gasteiger partial charge in [-0.3, -0.25) is 4.79 Å². The molecule has 3 N–H and O–H groups in total. The Morgan fingerprint density at radius 3 is 2.96 bits per heavy atom. The second kappa shape index (κ2) is 7.54. The lowest BCUT2D eigenvalue weighted by molar-refractivity contribution is 0.101. The molecule has 1 aliphatic heterocycles. The number of hydrogen-bond donors (Lipinski definition) is 2. The van der Waals surface area contributed by atoms with E-state index in [0.29, 0.717) is 24.5 Å². The van der Waals surface area contributed by atoms with Gasteiger partial charge in [-0.25, -0.2) is 4.98 Å². The fraction of sp³-hybridized carbons (Fsp3) is 0.375. The summed E-state index contributed by atoms with van der Waals surface area (Å²) in [6.45, 7) is 1.70. The van der Waals surface area contributed by atoms with Crippen LogP contribution in [0.5, 0.6) is 5.75 Å². The highest BCUT2D eigenvalue weighted by Crippen LogP contribution is 2.30. The third-order valence-electron chi connectivity index (χ3n) is 3.46. The summed E-state index contributed by atoms with van der Waals surface area (Å²) in [7, 11) is 0. The fourth-order valence-electron chi connectivity index (χ4n) is 2.32. The van der Waals surface area contributed by atoms with Gasteiger partial charge in [0.05, 0.1) is 0 Å². The number of anilines is 1. The van der Waals surface area contributed by atoms with Crippen molar-refractivity contribution in [2.75, 3.05) is 25.1 Å². The van der Waals surface area contributed by atoms with Crippen molar-refractivity contribution in [2.24, 2.45) is 5.73 Å². The molecule has 23 heavy (non-hydrogen) atoms. The summed E-state index contributed by atoms with van der Waals surface area (Å²) >= 11 is 1.47. The van der Waals surface area contributed by atoms with E-state index in [9.17, 15) is 4.79 Å². The van der Waals surface area contributed by atoms with Crippen molar-refractivity contribution < 1.29 is 14.3 Å². The molecule has 122 valence electrons. The maximum Gasteiger partial charge on any atom is 0.275 e. The van der Waals surface area contributed by atoms with E-state index in [1.807, 2.05) is 0 Å². The van der Waals surface area contributed by atoms with Gasteiger partial charge in [-0.05, 0) is 37.1 Å². The van der Waals surface area contributed by atoms with Crippen LogP contribution < -0.4 is 15.8 Å². The molecule has 1 amide bonds. The number of hydrogen-bond acceptors (Lipinski definition) is 6. The Kier molecular flexibility index (Phi) is 5.22. The molecule has 6 nitrogen and oxygen atoms in total. The Morgan fingerprint density at radius 1 is 1.43 bits per heavy atom. The molecule has 3 rings (SSSR count). The molecule has 2 aromatic rings. The predicted octanol–water partition coefficient (Wildman–Crippen LogP) is 2.58. The van der Waals surface area contributed by atoms with E-state index in [1.54, 1.807) is 29.6 Å². The number of ether oxygens (including phenoxy) is 2. The standard InChI is InChI=1S/C16H19N3O3S/c17-7-9-21-12-5-3-11(4-6-12)18-15(20)13-10-23-16(19-13)14-2-1-8-22-14/h3-6,10,14H,1-2,7-9,17H2,(H,18,20). The average molecular weight is 333 g/mol. The van der Waals surface area contributed by atoms with Gasteiger partial charge in [0.25, 0.3) is 5.91 Å². The zero-order valence-corrected chi connectivity index (χ0v) is 13.5. The first-order valence-electron chi connectivity index (χ1n) is 7.57. The van der Waals surface area contributed by atoms with Crippen LogP contribution in [0.25, 0.3) is 0 Å². The number of nitrogens with zero attached hydrogens (tertiary/aromatic N) is 1. The summed E-state index contributed by atoms with van der Waals surface area (Å²) in [6.07, 6.45) is 2.06. The Balaban J connectivity index is 1.60. The van der Waals surface area contributed by atoms with Crippen LogP contribution in [0.15, 0.2) is 29.6 Å². The molecule has 1 saturated heterocycles. The lowest BCUT2D eigenvalue weighted by atomic mass is 10.2. The number of benzene rings is 1. The fourth-order valence-corrected chi connectivity index (χ4v) is 3.20. The smallest absolute Gasteiger partial charge is 0.275 e. The van der Waals surface area contributed by atoms with E-state index in [2.05, 4.69) is 10.3 Å². The summed E-state index contributed by atoms with van der Waals surface area (Å²) in [5.41, 5.74) is 6.50. The first-order valence-corrected chi connectivity index (χ1v) is 8.45. The van der Waals surface area contributed by atoms with Gasteiger partial charge in [-0.1, -0.05) is 0 Å². The first-order chi connectivity index (χ1) is 11.3. The highest BCUT2D eigenvalue weighted by atomic mass is 32.1. The number of carbonyl (C=O) groups is 1. The molecule has 0 radical (unpaired) electrons. The number of carbonyl (C=O) groups excluding carboxylic acids is 1. The van der Waals surface area contributed by atoms with Gasteiger partial charge < -0.3 is 20.5 Å². The van der Waals surface area contributed by atoms with Crippen LogP contribution in [0.2, 0.25) is 0 Å². The largest absolute Gasteiger partial charge is 0.492 e. The van der Waals surface area contributed by atoms with Gasteiger partial charge >= 0.3 is 0 Å². The van der Waals surface area contributed by atoms with Crippen LogP contribution in [0.1, 0.15) is 34.4 Å². The maximum absolute atomic E-state index is 12.2. The van der Waals surface area contributed by atoms with E-state index in [1.165, 1.54) is 11.3 Å². The molecule has 0 spiro atoms. The minimum absolute atomic E-state index is 0.0422. The predicted molar refractivity (Wildman–Crippen MR) is 89.0 cm³/mol. The molecule has 0 aliphatic carbocycles. The Labute approximate surface area is 138 Å². The molecule has 1 aliphatic rings. The molecule has 1 aromatic heterocycles. The number of amides is 1. The molecule has 1 aromatic carbocycles. The first kappa shape index (κ1) is 15.9. The Bertz CT molecular complexity index is 651. The summed E-state index contributed by atoms with van der Waals surface area (Å²) in [6, 6.07) is 7.17. The molecule has 1 atom stereocenters. The van der Waals surface area contributed by atoms with Crippen molar-refractivity contribution in [3.8, 4) is 5.75 Å². The molecule has 7 heteroatoms. The van der Waals surface area contributed by atoms with Gasteiger partial charge in [-0.15, -0.1) is 11.3 Å². The molecule has 2 heterocycles. The van der Waals surface area contributed by atoms with Gasteiger partial charge in [-0.2, -0.15) is 0 Å². The van der Waals surface area contributed by atoms with E-state index >= 15 is 0 Å². The number of aromatic nitrogens is 1. The summed E-state index contributed by atoms with van der Waals surface area (Å²) in [5.74, 6) is 0.504. The number of rotatable bonds is 6. The van der Waals surface area contributed by atoms with Crippen molar-refractivity contribution in [1.29, 1.82) is 0 Å². The second-order valence-corrected chi connectivity index (χ2v) is 6.08. The third-order valence-corrected chi connectivity index (χ3v) is 4.40. The highest BCUT2D eigenvalue weighted by molar-refractivity contribution is 7.09. The second-order valence-electron chi connectivity index (χ2n) is 5.19. The van der Waals surface area contributed by atoms with Crippen molar-refractivity contribution in [2.45, 2.75) is 18.9 Å². The molecule has 1 fully saturated rings. The SMILES string of the molecule is NCCOc1ccc(NC(=O)c2csc(C3CCCO3)n2)cc1. The summed E-state index contributed by atoms with van der Waals surface area (Å²) < 4.78 is 11.0. The average Bonchev–Trinajstić information content (AvgIpc) is 3.25. The van der Waals surface area contributed by atoms with Crippen LogP contribution in [-0.2, 0) is 4.74 Å². The number of nitrogens with two attached hydrogens (primary N) is 1. The third kappa shape index (κ3) is 4.07. The van der Waals surface area contributed by atoms with Gasteiger partial charge in [0.1, 0.15) is 29.2 Å². The van der Waals surface area contributed by atoms with Gasteiger partial charge in [0.2, 0.25) is 0 Å². The number of nitrogens with one attached hydrogen (secondary N) is 1. The van der Waals surface area contributed by atoms with E-state index in [-0.39, 0.29) is 12.0 Å². The molecule has 0 saturated carbocycles. The van der Waals surface area contributed by atoms with Crippen molar-refractivity contribution in [3.05, 3.63) is 40.3 Å². The molecule has 1 unspecified atom stereocenters. The lowest BCUT2D eigenvalue weighted by Gasteiger charge is -2.07. The van der Waals surface area contributed by atoms with Crippen LogP contribution >= 0.6 is 11.3 Å². The van der Waals surface area contributed by atoms with Crippen LogP contribution in [0.4, 0.5) is 5.69 Å². The lowest BCUT2D eigenvalue weighted by Crippen LogP contribution is -2.13. The van der Waals surface area contributed by atoms with E-state index < -0.39 is 0 Å².